The van der Waals surface area contributed by atoms with Crippen LogP contribution in [-0.4, -0.2) is 43.2 Å². The molecule has 0 aliphatic rings. The molecule has 3 nitrogen and oxygen atoms in total. The number of halogens is 3. The molecule has 102 valence electrons. The molecule has 1 N–H and O–H groups in total. The quantitative estimate of drug-likeness (QED) is 0.832. The van der Waals surface area contributed by atoms with Crippen molar-refractivity contribution >= 4 is 5.91 Å². The number of amides is 1. The summed E-state index contributed by atoms with van der Waals surface area (Å²) < 4.78 is 35.6. The van der Waals surface area contributed by atoms with Crippen LogP contribution in [0.4, 0.5) is 13.2 Å². The Labute approximate surface area is 100 Å². The fraction of sp³-hybridized carbons (Fsp3) is 0.909. The van der Waals surface area contributed by atoms with Crippen molar-refractivity contribution in [2.45, 2.75) is 39.9 Å². The molecule has 0 rings (SSSR count). The van der Waals surface area contributed by atoms with E-state index in [0.29, 0.717) is 0 Å². The van der Waals surface area contributed by atoms with Gasteiger partial charge in [-0.25, -0.2) is 0 Å². The van der Waals surface area contributed by atoms with E-state index < -0.39 is 12.7 Å². The van der Waals surface area contributed by atoms with Gasteiger partial charge < -0.3 is 10.2 Å². The van der Waals surface area contributed by atoms with Gasteiger partial charge in [-0.15, -0.1) is 0 Å². The van der Waals surface area contributed by atoms with E-state index in [4.69, 9.17) is 0 Å². The molecule has 0 bridgehead atoms. The molecule has 0 aromatic carbocycles. The van der Waals surface area contributed by atoms with Crippen molar-refractivity contribution in [3.05, 3.63) is 0 Å². The lowest BCUT2D eigenvalue weighted by Crippen LogP contribution is -2.47. The Balaban J connectivity index is 4.16. The summed E-state index contributed by atoms with van der Waals surface area (Å²) in [5, 5.41) is 2.10. The summed E-state index contributed by atoms with van der Waals surface area (Å²) in [4.78, 5) is 13.1. The number of likely N-dealkylation sites (N-methyl/N-ethyl adjacent to an activating group) is 1. The van der Waals surface area contributed by atoms with Crippen LogP contribution in [0.15, 0.2) is 0 Å². The second-order valence-corrected chi connectivity index (χ2v) is 5.27. The summed E-state index contributed by atoms with van der Waals surface area (Å²) in [6.45, 7) is 6.37. The first-order chi connectivity index (χ1) is 7.45. The van der Waals surface area contributed by atoms with Crippen molar-refractivity contribution in [1.29, 1.82) is 0 Å². The van der Waals surface area contributed by atoms with E-state index in [0.717, 1.165) is 0 Å². The zero-order chi connectivity index (χ0) is 13.9. The Bertz CT molecular complexity index is 258. The topological polar surface area (TPSA) is 32.3 Å². The average molecular weight is 254 g/mol. The number of rotatable bonds is 4. The molecule has 1 atom stereocenters. The van der Waals surface area contributed by atoms with E-state index in [1.807, 2.05) is 27.7 Å². The molecule has 0 fully saturated rings. The predicted octanol–water partition coefficient (Wildman–Crippen LogP) is 2.03. The highest BCUT2D eigenvalue weighted by atomic mass is 19.4. The zero-order valence-corrected chi connectivity index (χ0v) is 11.0. The maximum absolute atomic E-state index is 11.9. The molecule has 0 saturated heterocycles. The standard InChI is InChI=1S/C11H21F3N2O/c1-8(10(2,3)4)16(5)9(17)6-15-7-11(12,13)14/h8,15H,6-7H2,1-5H3. The first-order valence-electron chi connectivity index (χ1n) is 5.48. The van der Waals surface area contributed by atoms with Crippen LogP contribution in [0.2, 0.25) is 0 Å². The number of carbonyl (C=O) groups is 1. The monoisotopic (exact) mass is 254 g/mol. The van der Waals surface area contributed by atoms with Crippen molar-refractivity contribution in [3.63, 3.8) is 0 Å². The summed E-state index contributed by atoms with van der Waals surface area (Å²) in [5.41, 5.74) is -0.103. The van der Waals surface area contributed by atoms with Gasteiger partial charge in [-0.2, -0.15) is 13.2 Å². The van der Waals surface area contributed by atoms with Gasteiger partial charge >= 0.3 is 6.18 Å². The fourth-order valence-corrected chi connectivity index (χ4v) is 1.23. The molecular formula is C11H21F3N2O. The van der Waals surface area contributed by atoms with Crippen LogP contribution in [0.3, 0.4) is 0 Å². The molecule has 0 heterocycles. The summed E-state index contributed by atoms with van der Waals surface area (Å²) in [6, 6.07) is -0.0392. The Hall–Kier alpha value is -0.780. The maximum atomic E-state index is 11.9. The lowest BCUT2D eigenvalue weighted by molar-refractivity contribution is -0.136. The van der Waals surface area contributed by atoms with Crippen LogP contribution in [0.1, 0.15) is 27.7 Å². The van der Waals surface area contributed by atoms with Crippen molar-refractivity contribution in [3.8, 4) is 0 Å². The number of hydrogen-bond acceptors (Lipinski definition) is 2. The lowest BCUT2D eigenvalue weighted by atomic mass is 9.87. The van der Waals surface area contributed by atoms with Gasteiger partial charge in [-0.05, 0) is 12.3 Å². The molecule has 0 spiro atoms. The number of hydrogen-bond donors (Lipinski definition) is 1. The number of nitrogens with one attached hydrogen (secondary N) is 1. The SMILES string of the molecule is CC(N(C)C(=O)CNCC(F)(F)F)C(C)(C)C. The molecule has 1 unspecified atom stereocenters. The van der Waals surface area contributed by atoms with E-state index in [-0.39, 0.29) is 23.9 Å². The highest BCUT2D eigenvalue weighted by Gasteiger charge is 2.29. The van der Waals surface area contributed by atoms with Crippen LogP contribution < -0.4 is 5.32 Å². The molecule has 0 saturated carbocycles. The van der Waals surface area contributed by atoms with Crippen LogP contribution in [0.25, 0.3) is 0 Å². The molecule has 17 heavy (non-hydrogen) atoms. The van der Waals surface area contributed by atoms with Crippen LogP contribution >= 0.6 is 0 Å². The summed E-state index contributed by atoms with van der Waals surface area (Å²) in [5.74, 6) is -0.336. The van der Waals surface area contributed by atoms with Gasteiger partial charge in [0, 0.05) is 13.1 Å². The predicted molar refractivity (Wildman–Crippen MR) is 60.6 cm³/mol. The Morgan fingerprint density at radius 2 is 1.76 bits per heavy atom. The van der Waals surface area contributed by atoms with Gasteiger partial charge in [0.2, 0.25) is 5.91 Å². The van der Waals surface area contributed by atoms with Crippen molar-refractivity contribution in [2.75, 3.05) is 20.1 Å². The zero-order valence-electron chi connectivity index (χ0n) is 11.0. The van der Waals surface area contributed by atoms with Gasteiger partial charge in [-0.1, -0.05) is 20.8 Å². The smallest absolute Gasteiger partial charge is 0.341 e. The fourth-order valence-electron chi connectivity index (χ4n) is 1.23. The minimum absolute atomic E-state index is 0.0392. The third-order valence-electron chi connectivity index (χ3n) is 2.83. The van der Waals surface area contributed by atoms with Gasteiger partial charge in [0.15, 0.2) is 0 Å². The van der Waals surface area contributed by atoms with Crippen LogP contribution in [0, 0.1) is 5.41 Å². The molecule has 0 radical (unpaired) electrons. The Morgan fingerprint density at radius 1 is 1.29 bits per heavy atom. The van der Waals surface area contributed by atoms with Crippen molar-refractivity contribution in [2.24, 2.45) is 5.41 Å². The molecule has 0 aromatic rings. The maximum Gasteiger partial charge on any atom is 0.401 e. The molecule has 1 amide bonds. The first-order valence-corrected chi connectivity index (χ1v) is 5.48. The van der Waals surface area contributed by atoms with Crippen molar-refractivity contribution in [1.82, 2.24) is 10.2 Å². The molecule has 6 heteroatoms. The van der Waals surface area contributed by atoms with E-state index in [2.05, 4.69) is 5.32 Å². The summed E-state index contributed by atoms with van der Waals surface area (Å²) in [6.07, 6.45) is -4.28. The summed E-state index contributed by atoms with van der Waals surface area (Å²) in [7, 11) is 1.60. The first kappa shape index (κ1) is 16.2. The molecule has 0 aromatic heterocycles. The van der Waals surface area contributed by atoms with Gasteiger partial charge in [-0.3, -0.25) is 4.79 Å². The number of alkyl halides is 3. The third kappa shape index (κ3) is 6.51. The normalized spacial score (nSPS) is 14.6. The summed E-state index contributed by atoms with van der Waals surface area (Å²) >= 11 is 0. The van der Waals surface area contributed by atoms with E-state index in [9.17, 15) is 18.0 Å². The third-order valence-corrected chi connectivity index (χ3v) is 2.83. The number of nitrogens with zero attached hydrogens (tertiary/aromatic N) is 1. The minimum Gasteiger partial charge on any atom is -0.341 e. The minimum atomic E-state index is -4.28. The molecule has 0 aliphatic carbocycles. The van der Waals surface area contributed by atoms with E-state index in [1.165, 1.54) is 4.90 Å². The van der Waals surface area contributed by atoms with Gasteiger partial charge in [0.05, 0.1) is 13.1 Å². The average Bonchev–Trinajstić information content (AvgIpc) is 2.11. The largest absolute Gasteiger partial charge is 0.401 e. The number of carbonyl (C=O) groups excluding carboxylic acids is 1. The highest BCUT2D eigenvalue weighted by Crippen LogP contribution is 2.22. The Kier molecular flexibility index (Phi) is 5.45. The van der Waals surface area contributed by atoms with Crippen LogP contribution in [0.5, 0.6) is 0 Å². The van der Waals surface area contributed by atoms with Gasteiger partial charge in [0.25, 0.3) is 0 Å². The second-order valence-electron chi connectivity index (χ2n) is 5.27. The van der Waals surface area contributed by atoms with Gasteiger partial charge in [0.1, 0.15) is 0 Å². The van der Waals surface area contributed by atoms with E-state index >= 15 is 0 Å². The van der Waals surface area contributed by atoms with Crippen molar-refractivity contribution < 1.29 is 18.0 Å². The van der Waals surface area contributed by atoms with Crippen LogP contribution in [-0.2, 0) is 4.79 Å². The van der Waals surface area contributed by atoms with E-state index in [1.54, 1.807) is 7.05 Å². The second kappa shape index (κ2) is 5.71. The molecular weight excluding hydrogens is 233 g/mol. The lowest BCUT2D eigenvalue weighted by Gasteiger charge is -2.35. The highest BCUT2D eigenvalue weighted by molar-refractivity contribution is 5.78. The Morgan fingerprint density at radius 3 is 2.12 bits per heavy atom. The molecule has 0 aliphatic heterocycles.